The lowest BCUT2D eigenvalue weighted by molar-refractivity contribution is 0.0736. The van der Waals surface area contributed by atoms with E-state index in [9.17, 15) is 4.79 Å². The van der Waals surface area contributed by atoms with E-state index in [-0.39, 0.29) is 18.0 Å². The van der Waals surface area contributed by atoms with Gasteiger partial charge in [0.2, 0.25) is 0 Å². The van der Waals surface area contributed by atoms with Crippen LogP contribution in [0.2, 0.25) is 10.0 Å². The van der Waals surface area contributed by atoms with E-state index in [0.717, 1.165) is 40.6 Å². The summed E-state index contributed by atoms with van der Waals surface area (Å²) in [5, 5.41) is 5.12. The van der Waals surface area contributed by atoms with Gasteiger partial charge in [0.05, 0.1) is 39.2 Å². The lowest BCUT2D eigenvalue weighted by atomic mass is 10.0. The standard InChI is InChI=1S/C27H23Cl2N7O/c1-15(25-34-21-5-4-17(28)11-23(21)35-25)33-26-19-12-20(29)18(13-22(19)31-14-32-26)27(37)36-10-2-3-24(36)16-6-8-30-9-7-16/h4-9,11-15,24H,2-3,10H2,1H3,(H,34,35)(H,31,32,33)/t15-,24+/m0/s1. The van der Waals surface area contributed by atoms with Gasteiger partial charge in [0.15, 0.2) is 0 Å². The number of aromatic nitrogens is 5. The first-order valence-electron chi connectivity index (χ1n) is 12.0. The molecule has 1 amide bonds. The maximum atomic E-state index is 13.6. The van der Waals surface area contributed by atoms with Crippen molar-refractivity contribution in [3.63, 3.8) is 0 Å². The Morgan fingerprint density at radius 3 is 2.78 bits per heavy atom. The van der Waals surface area contributed by atoms with E-state index >= 15 is 0 Å². The van der Waals surface area contributed by atoms with Crippen LogP contribution in [0.4, 0.5) is 5.82 Å². The molecule has 10 heteroatoms. The molecular weight excluding hydrogens is 509 g/mol. The molecule has 0 radical (unpaired) electrons. The van der Waals surface area contributed by atoms with Crippen LogP contribution in [-0.2, 0) is 0 Å². The molecule has 2 aromatic carbocycles. The van der Waals surface area contributed by atoms with Crippen LogP contribution in [0.1, 0.15) is 53.6 Å². The smallest absolute Gasteiger partial charge is 0.255 e. The van der Waals surface area contributed by atoms with Crippen molar-refractivity contribution in [1.29, 1.82) is 0 Å². The van der Waals surface area contributed by atoms with Crippen LogP contribution in [0, 0.1) is 0 Å². The first-order chi connectivity index (χ1) is 18.0. The van der Waals surface area contributed by atoms with Crippen molar-refractivity contribution in [2.24, 2.45) is 0 Å². The predicted octanol–water partition coefficient (Wildman–Crippen LogP) is 6.36. The number of hydrogen-bond donors (Lipinski definition) is 2. The first-order valence-corrected chi connectivity index (χ1v) is 12.8. The summed E-state index contributed by atoms with van der Waals surface area (Å²) < 4.78 is 0. The second kappa shape index (κ2) is 9.61. The maximum absolute atomic E-state index is 13.6. The van der Waals surface area contributed by atoms with Crippen molar-refractivity contribution >= 4 is 56.9 Å². The molecule has 1 aliphatic rings. The number of aromatic amines is 1. The summed E-state index contributed by atoms with van der Waals surface area (Å²) >= 11 is 12.8. The average Bonchev–Trinajstić information content (AvgIpc) is 3.56. The van der Waals surface area contributed by atoms with E-state index in [2.05, 4.69) is 30.2 Å². The summed E-state index contributed by atoms with van der Waals surface area (Å²) in [4.78, 5) is 36.4. The number of amides is 1. The Labute approximate surface area is 223 Å². The summed E-state index contributed by atoms with van der Waals surface area (Å²) in [6.45, 7) is 2.66. The summed E-state index contributed by atoms with van der Waals surface area (Å²) in [7, 11) is 0. The van der Waals surface area contributed by atoms with E-state index in [4.69, 9.17) is 23.2 Å². The number of imidazole rings is 1. The van der Waals surface area contributed by atoms with E-state index in [1.165, 1.54) is 6.33 Å². The minimum absolute atomic E-state index is 0.00410. The number of rotatable bonds is 5. The van der Waals surface area contributed by atoms with E-state index in [1.54, 1.807) is 24.5 Å². The number of anilines is 1. The number of benzene rings is 2. The third-order valence-corrected chi connectivity index (χ3v) is 7.33. The fourth-order valence-electron chi connectivity index (χ4n) is 4.93. The van der Waals surface area contributed by atoms with Gasteiger partial charge in [0.25, 0.3) is 5.91 Å². The van der Waals surface area contributed by atoms with Crippen molar-refractivity contribution in [3.8, 4) is 0 Å². The molecule has 1 fully saturated rings. The van der Waals surface area contributed by atoms with Gasteiger partial charge in [-0.1, -0.05) is 23.2 Å². The molecule has 5 aromatic rings. The Morgan fingerprint density at radius 1 is 1.11 bits per heavy atom. The van der Waals surface area contributed by atoms with Crippen LogP contribution < -0.4 is 5.32 Å². The minimum Gasteiger partial charge on any atom is -0.360 e. The SMILES string of the molecule is C[C@H](Nc1ncnc2cc(C(=O)N3CCC[C@@H]3c3ccncc3)c(Cl)cc12)c1nc2cc(Cl)ccc2[nH]1. The number of carbonyl (C=O) groups is 1. The Morgan fingerprint density at radius 2 is 1.95 bits per heavy atom. The normalized spacial score (nSPS) is 16.4. The first kappa shape index (κ1) is 23.6. The van der Waals surface area contributed by atoms with Gasteiger partial charge in [-0.15, -0.1) is 0 Å². The molecule has 6 rings (SSSR count). The molecule has 4 heterocycles. The molecule has 2 N–H and O–H groups in total. The van der Waals surface area contributed by atoms with Crippen LogP contribution in [-0.4, -0.2) is 42.3 Å². The summed E-state index contributed by atoms with van der Waals surface area (Å²) in [5.74, 6) is 1.25. The molecule has 0 saturated carbocycles. The fraction of sp³-hybridized carbons (Fsp3) is 0.222. The monoisotopic (exact) mass is 531 g/mol. The lowest BCUT2D eigenvalue weighted by Gasteiger charge is -2.25. The number of nitrogens with one attached hydrogen (secondary N) is 2. The molecule has 1 saturated heterocycles. The fourth-order valence-corrected chi connectivity index (χ4v) is 5.34. The molecule has 0 bridgehead atoms. The number of fused-ring (bicyclic) bond motifs is 2. The van der Waals surface area contributed by atoms with Crippen LogP contribution in [0.5, 0.6) is 0 Å². The van der Waals surface area contributed by atoms with E-state index < -0.39 is 0 Å². The van der Waals surface area contributed by atoms with E-state index in [1.807, 2.05) is 42.2 Å². The van der Waals surface area contributed by atoms with Gasteiger partial charge in [-0.2, -0.15) is 0 Å². The zero-order valence-corrected chi connectivity index (χ0v) is 21.5. The molecule has 0 unspecified atom stereocenters. The van der Waals surface area contributed by atoms with Gasteiger partial charge in [-0.3, -0.25) is 9.78 Å². The summed E-state index contributed by atoms with van der Waals surface area (Å²) in [6, 6.07) is 12.8. The zero-order valence-electron chi connectivity index (χ0n) is 19.9. The average molecular weight is 532 g/mol. The van der Waals surface area contributed by atoms with Gasteiger partial charge in [0, 0.05) is 29.3 Å². The maximum Gasteiger partial charge on any atom is 0.255 e. The van der Waals surface area contributed by atoms with Crippen molar-refractivity contribution in [1.82, 2.24) is 29.8 Å². The van der Waals surface area contributed by atoms with E-state index in [0.29, 0.717) is 33.5 Å². The number of hydrogen-bond acceptors (Lipinski definition) is 6. The number of halogens is 2. The van der Waals surface area contributed by atoms with Crippen LogP contribution in [0.3, 0.4) is 0 Å². The topological polar surface area (TPSA) is 99.7 Å². The number of pyridine rings is 1. The minimum atomic E-state index is -0.185. The van der Waals surface area contributed by atoms with Crippen molar-refractivity contribution < 1.29 is 4.79 Å². The van der Waals surface area contributed by atoms with Crippen molar-refractivity contribution in [2.45, 2.75) is 31.8 Å². The van der Waals surface area contributed by atoms with Crippen LogP contribution >= 0.6 is 23.2 Å². The number of carbonyl (C=O) groups excluding carboxylic acids is 1. The second-order valence-corrected chi connectivity index (χ2v) is 10.0. The van der Waals surface area contributed by atoms with Gasteiger partial charge in [-0.05, 0) is 67.8 Å². The molecule has 186 valence electrons. The highest BCUT2D eigenvalue weighted by atomic mass is 35.5. The van der Waals surface area contributed by atoms with Crippen molar-refractivity contribution in [2.75, 3.05) is 11.9 Å². The third-order valence-electron chi connectivity index (χ3n) is 6.79. The predicted molar refractivity (Wildman–Crippen MR) is 145 cm³/mol. The highest BCUT2D eigenvalue weighted by Crippen LogP contribution is 2.35. The third kappa shape index (κ3) is 4.47. The van der Waals surface area contributed by atoms with Gasteiger partial charge in [-0.25, -0.2) is 15.0 Å². The highest BCUT2D eigenvalue weighted by molar-refractivity contribution is 6.35. The molecule has 0 aliphatic carbocycles. The zero-order chi connectivity index (χ0) is 25.5. The number of nitrogens with zero attached hydrogens (tertiary/aromatic N) is 5. The molecule has 37 heavy (non-hydrogen) atoms. The Balaban J connectivity index is 1.29. The van der Waals surface area contributed by atoms with Crippen LogP contribution in [0.15, 0.2) is 61.2 Å². The lowest BCUT2D eigenvalue weighted by Crippen LogP contribution is -2.30. The largest absolute Gasteiger partial charge is 0.360 e. The molecule has 0 spiro atoms. The highest BCUT2D eigenvalue weighted by Gasteiger charge is 2.32. The molecule has 2 atom stereocenters. The molecule has 1 aliphatic heterocycles. The number of H-pyrrole nitrogens is 1. The van der Waals surface area contributed by atoms with Gasteiger partial charge < -0.3 is 15.2 Å². The summed E-state index contributed by atoms with van der Waals surface area (Å²) in [5.41, 5.74) is 3.84. The Hall–Kier alpha value is -3.75. The van der Waals surface area contributed by atoms with Crippen LogP contribution in [0.25, 0.3) is 21.9 Å². The molecule has 8 nitrogen and oxygen atoms in total. The van der Waals surface area contributed by atoms with Crippen molar-refractivity contribution in [3.05, 3.63) is 88.2 Å². The summed E-state index contributed by atoms with van der Waals surface area (Å²) in [6.07, 6.45) is 6.83. The Kier molecular flexibility index (Phi) is 6.14. The number of likely N-dealkylation sites (tertiary alicyclic amines) is 1. The molecule has 3 aromatic heterocycles. The second-order valence-electron chi connectivity index (χ2n) is 9.16. The van der Waals surface area contributed by atoms with Gasteiger partial charge >= 0.3 is 0 Å². The molecular formula is C27H23Cl2N7O. The quantitative estimate of drug-likeness (QED) is 0.273. The van der Waals surface area contributed by atoms with Gasteiger partial charge in [0.1, 0.15) is 18.0 Å². The Bertz CT molecular complexity index is 1620.